The number of rotatable bonds is 6. The van der Waals surface area contributed by atoms with Crippen LogP contribution < -0.4 is 10.6 Å². The van der Waals surface area contributed by atoms with Crippen molar-refractivity contribution in [2.45, 2.75) is 45.6 Å². The fourth-order valence-electron chi connectivity index (χ4n) is 2.12. The van der Waals surface area contributed by atoms with Crippen molar-refractivity contribution < 1.29 is 9.53 Å². The summed E-state index contributed by atoms with van der Waals surface area (Å²) in [7, 11) is 1.71. The second-order valence-corrected chi connectivity index (χ2v) is 5.66. The summed E-state index contributed by atoms with van der Waals surface area (Å²) in [5, 5.41) is 6.52. The van der Waals surface area contributed by atoms with Crippen molar-refractivity contribution >= 4 is 5.91 Å². The molecule has 0 bridgehead atoms. The van der Waals surface area contributed by atoms with E-state index in [2.05, 4.69) is 10.6 Å². The summed E-state index contributed by atoms with van der Waals surface area (Å²) in [6, 6.07) is 0. The molecule has 0 aromatic rings. The molecular weight excluding hydrogens is 216 g/mol. The Labute approximate surface area is 104 Å². The van der Waals surface area contributed by atoms with Crippen molar-refractivity contribution in [3.8, 4) is 0 Å². The zero-order valence-electron chi connectivity index (χ0n) is 11.6. The summed E-state index contributed by atoms with van der Waals surface area (Å²) in [6.45, 7) is 8.32. The lowest BCUT2D eigenvalue weighted by Gasteiger charge is -2.31. The summed E-state index contributed by atoms with van der Waals surface area (Å²) in [4.78, 5) is 12.0. The molecule has 1 heterocycles. The topological polar surface area (TPSA) is 50.4 Å². The normalized spacial score (nSPS) is 24.9. The molecule has 0 saturated carbocycles. The average Bonchev–Trinajstić information content (AvgIpc) is 2.75. The highest BCUT2D eigenvalue weighted by Crippen LogP contribution is 2.22. The molecule has 1 aliphatic heterocycles. The van der Waals surface area contributed by atoms with Gasteiger partial charge in [-0.1, -0.05) is 20.8 Å². The monoisotopic (exact) mass is 242 g/mol. The van der Waals surface area contributed by atoms with Crippen LogP contribution in [0, 0.1) is 5.41 Å². The highest BCUT2D eigenvalue weighted by molar-refractivity contribution is 5.81. The molecule has 4 nitrogen and oxygen atoms in total. The van der Waals surface area contributed by atoms with Gasteiger partial charge in [0, 0.05) is 19.1 Å². The van der Waals surface area contributed by atoms with Crippen LogP contribution in [0.25, 0.3) is 0 Å². The first-order chi connectivity index (χ1) is 7.96. The van der Waals surface area contributed by atoms with E-state index >= 15 is 0 Å². The van der Waals surface area contributed by atoms with Crippen molar-refractivity contribution in [3.05, 3.63) is 0 Å². The lowest BCUT2D eigenvalue weighted by molar-refractivity contribution is -0.129. The second kappa shape index (κ2) is 5.83. The summed E-state index contributed by atoms with van der Waals surface area (Å²) in [6.07, 6.45) is 3.06. The minimum Gasteiger partial charge on any atom is -0.383 e. The summed E-state index contributed by atoms with van der Waals surface area (Å²) >= 11 is 0. The molecule has 1 amide bonds. The van der Waals surface area contributed by atoms with Crippen molar-refractivity contribution in [1.29, 1.82) is 0 Å². The van der Waals surface area contributed by atoms with Crippen molar-refractivity contribution in [2.24, 2.45) is 5.41 Å². The van der Waals surface area contributed by atoms with Crippen LogP contribution >= 0.6 is 0 Å². The van der Waals surface area contributed by atoms with E-state index in [4.69, 9.17) is 4.74 Å². The molecule has 1 aliphatic rings. The molecule has 0 aromatic carbocycles. The van der Waals surface area contributed by atoms with E-state index in [1.54, 1.807) is 7.11 Å². The SMILES string of the molecule is CCC(C)(C)C(=O)NCC1(COC)CCCN1. The Bertz CT molecular complexity index is 258. The number of methoxy groups -OCH3 is 1. The highest BCUT2D eigenvalue weighted by Gasteiger charge is 2.35. The largest absolute Gasteiger partial charge is 0.383 e. The van der Waals surface area contributed by atoms with E-state index in [-0.39, 0.29) is 16.9 Å². The predicted molar refractivity (Wildman–Crippen MR) is 68.9 cm³/mol. The van der Waals surface area contributed by atoms with Gasteiger partial charge in [-0.2, -0.15) is 0 Å². The van der Waals surface area contributed by atoms with Crippen LogP contribution in [-0.4, -0.2) is 38.3 Å². The molecule has 1 fully saturated rings. The molecule has 1 unspecified atom stereocenters. The molecule has 17 heavy (non-hydrogen) atoms. The van der Waals surface area contributed by atoms with Gasteiger partial charge in [0.1, 0.15) is 0 Å². The number of ether oxygens (including phenoxy) is 1. The Morgan fingerprint density at radius 1 is 1.53 bits per heavy atom. The van der Waals surface area contributed by atoms with Gasteiger partial charge < -0.3 is 15.4 Å². The van der Waals surface area contributed by atoms with Crippen molar-refractivity contribution in [3.63, 3.8) is 0 Å². The lowest BCUT2D eigenvalue weighted by atomic mass is 9.88. The van der Waals surface area contributed by atoms with Crippen LogP contribution in [0.2, 0.25) is 0 Å². The molecule has 2 N–H and O–H groups in total. The Morgan fingerprint density at radius 3 is 2.71 bits per heavy atom. The van der Waals surface area contributed by atoms with Gasteiger partial charge in [0.05, 0.1) is 12.1 Å². The Kier molecular flexibility index (Phi) is 4.95. The number of hydrogen-bond acceptors (Lipinski definition) is 3. The summed E-state index contributed by atoms with van der Waals surface area (Å²) in [5.74, 6) is 0.129. The van der Waals surface area contributed by atoms with Gasteiger partial charge in [0.2, 0.25) is 5.91 Å². The van der Waals surface area contributed by atoms with E-state index in [1.165, 1.54) is 0 Å². The average molecular weight is 242 g/mol. The number of hydrogen-bond donors (Lipinski definition) is 2. The highest BCUT2D eigenvalue weighted by atomic mass is 16.5. The molecule has 1 atom stereocenters. The van der Waals surface area contributed by atoms with E-state index in [1.807, 2.05) is 20.8 Å². The van der Waals surface area contributed by atoms with E-state index in [0.717, 1.165) is 25.8 Å². The molecular formula is C13H26N2O2. The van der Waals surface area contributed by atoms with Gasteiger partial charge in [-0.25, -0.2) is 0 Å². The summed E-state index contributed by atoms with van der Waals surface area (Å²) in [5.41, 5.74) is -0.346. The van der Waals surface area contributed by atoms with Gasteiger partial charge >= 0.3 is 0 Å². The quantitative estimate of drug-likeness (QED) is 0.738. The first-order valence-electron chi connectivity index (χ1n) is 6.48. The van der Waals surface area contributed by atoms with Crippen LogP contribution in [0.4, 0.5) is 0 Å². The predicted octanol–water partition coefficient (Wildman–Crippen LogP) is 1.31. The fourth-order valence-corrected chi connectivity index (χ4v) is 2.12. The Hall–Kier alpha value is -0.610. The fraction of sp³-hybridized carbons (Fsp3) is 0.923. The molecule has 1 rings (SSSR count). The smallest absolute Gasteiger partial charge is 0.225 e. The molecule has 100 valence electrons. The number of nitrogens with one attached hydrogen (secondary N) is 2. The number of carbonyl (C=O) groups excluding carboxylic acids is 1. The third-order valence-electron chi connectivity index (χ3n) is 3.84. The molecule has 0 aromatic heterocycles. The van der Waals surface area contributed by atoms with Gasteiger partial charge in [-0.3, -0.25) is 4.79 Å². The third kappa shape index (κ3) is 3.68. The molecule has 0 aliphatic carbocycles. The first kappa shape index (κ1) is 14.5. The van der Waals surface area contributed by atoms with Gasteiger partial charge in [0.25, 0.3) is 0 Å². The zero-order chi connectivity index (χ0) is 12.9. The second-order valence-electron chi connectivity index (χ2n) is 5.66. The van der Waals surface area contributed by atoms with E-state index in [0.29, 0.717) is 13.2 Å². The lowest BCUT2D eigenvalue weighted by Crippen LogP contribution is -2.54. The Morgan fingerprint density at radius 2 is 2.24 bits per heavy atom. The first-order valence-corrected chi connectivity index (χ1v) is 6.48. The van der Waals surface area contributed by atoms with Crippen LogP contribution in [0.15, 0.2) is 0 Å². The number of amides is 1. The Balaban J connectivity index is 2.50. The van der Waals surface area contributed by atoms with Gasteiger partial charge in [-0.15, -0.1) is 0 Å². The van der Waals surface area contributed by atoms with Crippen LogP contribution in [0.3, 0.4) is 0 Å². The summed E-state index contributed by atoms with van der Waals surface area (Å²) < 4.78 is 5.26. The number of carbonyl (C=O) groups is 1. The van der Waals surface area contributed by atoms with Gasteiger partial charge in [0.15, 0.2) is 0 Å². The van der Waals surface area contributed by atoms with Crippen LogP contribution in [-0.2, 0) is 9.53 Å². The molecule has 0 radical (unpaired) electrons. The molecule has 0 spiro atoms. The van der Waals surface area contributed by atoms with E-state index < -0.39 is 0 Å². The van der Waals surface area contributed by atoms with Crippen LogP contribution in [0.5, 0.6) is 0 Å². The molecule has 4 heteroatoms. The maximum atomic E-state index is 12.0. The standard InChI is InChI=1S/C13H26N2O2/c1-5-12(2,3)11(16)14-9-13(10-17-4)7-6-8-15-13/h15H,5-10H2,1-4H3,(H,14,16). The van der Waals surface area contributed by atoms with E-state index in [9.17, 15) is 4.79 Å². The van der Waals surface area contributed by atoms with Crippen molar-refractivity contribution in [2.75, 3.05) is 26.8 Å². The van der Waals surface area contributed by atoms with Crippen molar-refractivity contribution in [1.82, 2.24) is 10.6 Å². The zero-order valence-corrected chi connectivity index (χ0v) is 11.6. The minimum atomic E-state index is -0.285. The maximum absolute atomic E-state index is 12.0. The third-order valence-corrected chi connectivity index (χ3v) is 3.84. The van der Waals surface area contributed by atoms with Crippen LogP contribution in [0.1, 0.15) is 40.0 Å². The maximum Gasteiger partial charge on any atom is 0.225 e. The van der Waals surface area contributed by atoms with Gasteiger partial charge in [-0.05, 0) is 25.8 Å². The minimum absolute atomic E-state index is 0.0613. The molecule has 1 saturated heterocycles.